The SMILES string of the molecule is O=C(O)C=Cc1cc(F)cc(CSc2ccc(Cl)cn2)c1. The van der Waals surface area contributed by atoms with Gasteiger partial charge in [-0.3, -0.25) is 0 Å². The first kappa shape index (κ1) is 15.5. The van der Waals surface area contributed by atoms with Gasteiger partial charge in [0, 0.05) is 18.0 Å². The number of pyridine rings is 1. The molecule has 2 rings (SSSR count). The van der Waals surface area contributed by atoms with Crippen LogP contribution in [-0.2, 0) is 10.5 Å². The predicted octanol–water partition coefficient (Wildman–Crippen LogP) is 4.26. The van der Waals surface area contributed by atoms with Crippen molar-refractivity contribution in [3.8, 4) is 0 Å². The summed E-state index contributed by atoms with van der Waals surface area (Å²) in [5.74, 6) is -0.942. The summed E-state index contributed by atoms with van der Waals surface area (Å²) in [5.41, 5.74) is 1.26. The van der Waals surface area contributed by atoms with Gasteiger partial charge in [-0.2, -0.15) is 0 Å². The highest BCUT2D eigenvalue weighted by atomic mass is 35.5. The third kappa shape index (κ3) is 5.21. The zero-order valence-corrected chi connectivity index (χ0v) is 12.4. The molecule has 3 nitrogen and oxygen atoms in total. The lowest BCUT2D eigenvalue weighted by Gasteiger charge is -2.04. The average Bonchev–Trinajstić information content (AvgIpc) is 2.44. The lowest BCUT2D eigenvalue weighted by Crippen LogP contribution is -1.89. The first-order chi connectivity index (χ1) is 10.0. The van der Waals surface area contributed by atoms with Gasteiger partial charge in [0.2, 0.25) is 0 Å². The first-order valence-corrected chi connectivity index (χ1v) is 7.34. The molecule has 0 bridgehead atoms. The summed E-state index contributed by atoms with van der Waals surface area (Å²) < 4.78 is 13.5. The van der Waals surface area contributed by atoms with Crippen LogP contribution >= 0.6 is 23.4 Å². The number of carboxylic acids is 1. The van der Waals surface area contributed by atoms with Crippen LogP contribution in [0.3, 0.4) is 0 Å². The summed E-state index contributed by atoms with van der Waals surface area (Å²) in [6.07, 6.45) is 3.89. The zero-order chi connectivity index (χ0) is 15.2. The molecule has 0 spiro atoms. The molecule has 0 atom stereocenters. The maximum atomic E-state index is 13.5. The number of hydrogen-bond donors (Lipinski definition) is 1. The first-order valence-electron chi connectivity index (χ1n) is 5.98. The van der Waals surface area contributed by atoms with E-state index in [0.717, 1.165) is 16.7 Å². The van der Waals surface area contributed by atoms with Crippen molar-refractivity contribution in [1.29, 1.82) is 0 Å². The summed E-state index contributed by atoms with van der Waals surface area (Å²) in [5, 5.41) is 9.93. The van der Waals surface area contributed by atoms with Crippen LogP contribution in [0, 0.1) is 5.82 Å². The fourth-order valence-electron chi connectivity index (χ4n) is 1.63. The molecule has 1 aromatic carbocycles. The van der Waals surface area contributed by atoms with E-state index in [9.17, 15) is 9.18 Å². The molecular weight excluding hydrogens is 313 g/mol. The van der Waals surface area contributed by atoms with Crippen LogP contribution in [0.5, 0.6) is 0 Å². The average molecular weight is 324 g/mol. The molecule has 0 radical (unpaired) electrons. The third-order valence-electron chi connectivity index (χ3n) is 2.49. The smallest absolute Gasteiger partial charge is 0.328 e. The van der Waals surface area contributed by atoms with Crippen LogP contribution in [-0.4, -0.2) is 16.1 Å². The second-order valence-corrected chi connectivity index (χ2v) is 5.60. The zero-order valence-electron chi connectivity index (χ0n) is 10.8. The maximum absolute atomic E-state index is 13.5. The van der Waals surface area contributed by atoms with E-state index in [4.69, 9.17) is 16.7 Å². The number of benzene rings is 1. The number of rotatable bonds is 5. The van der Waals surface area contributed by atoms with Gasteiger partial charge < -0.3 is 5.11 Å². The molecule has 0 aliphatic heterocycles. The van der Waals surface area contributed by atoms with E-state index in [1.54, 1.807) is 24.4 Å². The number of thioether (sulfide) groups is 1. The van der Waals surface area contributed by atoms with Gasteiger partial charge in [-0.25, -0.2) is 14.2 Å². The summed E-state index contributed by atoms with van der Waals surface area (Å²) in [6, 6.07) is 7.97. The quantitative estimate of drug-likeness (QED) is 0.659. The summed E-state index contributed by atoms with van der Waals surface area (Å²) in [7, 11) is 0. The molecule has 0 unspecified atom stereocenters. The molecule has 0 amide bonds. The molecule has 6 heteroatoms. The second-order valence-electron chi connectivity index (χ2n) is 4.17. The molecule has 1 heterocycles. The summed E-state index contributed by atoms with van der Waals surface area (Å²) in [4.78, 5) is 14.6. The van der Waals surface area contributed by atoms with E-state index in [-0.39, 0.29) is 0 Å². The minimum atomic E-state index is -1.07. The van der Waals surface area contributed by atoms with Gasteiger partial charge in [-0.1, -0.05) is 17.7 Å². The van der Waals surface area contributed by atoms with Gasteiger partial charge in [0.1, 0.15) is 5.82 Å². The molecule has 0 saturated heterocycles. The van der Waals surface area contributed by atoms with E-state index in [1.165, 1.54) is 30.0 Å². The Morgan fingerprint density at radius 2 is 2.19 bits per heavy atom. The lowest BCUT2D eigenvalue weighted by atomic mass is 10.1. The van der Waals surface area contributed by atoms with Gasteiger partial charge >= 0.3 is 5.97 Å². The Morgan fingerprint density at radius 3 is 2.86 bits per heavy atom. The number of nitrogens with zero attached hydrogens (tertiary/aromatic N) is 1. The summed E-state index contributed by atoms with van der Waals surface area (Å²) in [6.45, 7) is 0. The van der Waals surface area contributed by atoms with E-state index < -0.39 is 11.8 Å². The highest BCUT2D eigenvalue weighted by Crippen LogP contribution is 2.23. The Bertz CT molecular complexity index is 674. The Balaban J connectivity index is 2.09. The van der Waals surface area contributed by atoms with Crippen LogP contribution in [0.2, 0.25) is 5.02 Å². The van der Waals surface area contributed by atoms with Crippen LogP contribution in [0.1, 0.15) is 11.1 Å². The van der Waals surface area contributed by atoms with E-state index in [1.807, 2.05) is 0 Å². The lowest BCUT2D eigenvalue weighted by molar-refractivity contribution is -0.131. The molecule has 21 heavy (non-hydrogen) atoms. The second kappa shape index (κ2) is 7.24. The van der Waals surface area contributed by atoms with Gasteiger partial charge in [0.15, 0.2) is 0 Å². The molecule has 0 fully saturated rings. The Hall–Kier alpha value is -1.85. The summed E-state index contributed by atoms with van der Waals surface area (Å²) >= 11 is 7.20. The Kier molecular flexibility index (Phi) is 5.36. The molecule has 1 aromatic heterocycles. The third-order valence-corrected chi connectivity index (χ3v) is 3.72. The van der Waals surface area contributed by atoms with Crippen LogP contribution in [0.15, 0.2) is 47.6 Å². The van der Waals surface area contributed by atoms with Crippen molar-refractivity contribution in [2.45, 2.75) is 10.8 Å². The van der Waals surface area contributed by atoms with E-state index in [2.05, 4.69) is 4.98 Å². The van der Waals surface area contributed by atoms with Crippen molar-refractivity contribution in [3.05, 3.63) is 64.6 Å². The van der Waals surface area contributed by atoms with Crippen LogP contribution in [0.25, 0.3) is 6.08 Å². The number of hydrogen-bond acceptors (Lipinski definition) is 3. The van der Waals surface area contributed by atoms with Crippen LogP contribution < -0.4 is 0 Å². The number of aliphatic carboxylic acids is 1. The molecule has 0 aliphatic rings. The predicted molar refractivity (Wildman–Crippen MR) is 81.9 cm³/mol. The fourth-order valence-corrected chi connectivity index (χ4v) is 2.51. The van der Waals surface area contributed by atoms with Crippen molar-refractivity contribution >= 4 is 35.4 Å². The minimum absolute atomic E-state index is 0.401. The molecule has 2 aromatic rings. The van der Waals surface area contributed by atoms with Gasteiger partial charge in [0.25, 0.3) is 0 Å². The minimum Gasteiger partial charge on any atom is -0.478 e. The Morgan fingerprint density at radius 1 is 1.38 bits per heavy atom. The molecule has 0 saturated carbocycles. The van der Waals surface area contributed by atoms with Gasteiger partial charge in [-0.05, 0) is 41.5 Å². The number of carboxylic acid groups (broad SMARTS) is 1. The normalized spacial score (nSPS) is 11.0. The van der Waals surface area contributed by atoms with Crippen molar-refractivity contribution in [2.24, 2.45) is 0 Å². The van der Waals surface area contributed by atoms with E-state index >= 15 is 0 Å². The largest absolute Gasteiger partial charge is 0.478 e. The monoisotopic (exact) mass is 323 g/mol. The highest BCUT2D eigenvalue weighted by Gasteiger charge is 2.02. The van der Waals surface area contributed by atoms with Crippen LogP contribution in [0.4, 0.5) is 4.39 Å². The van der Waals surface area contributed by atoms with E-state index in [0.29, 0.717) is 16.3 Å². The van der Waals surface area contributed by atoms with Crippen molar-refractivity contribution < 1.29 is 14.3 Å². The molecule has 108 valence electrons. The van der Waals surface area contributed by atoms with Crippen molar-refractivity contribution in [3.63, 3.8) is 0 Å². The fraction of sp³-hybridized carbons (Fsp3) is 0.0667. The molecule has 1 N–H and O–H groups in total. The maximum Gasteiger partial charge on any atom is 0.328 e. The number of halogens is 2. The van der Waals surface area contributed by atoms with Crippen molar-refractivity contribution in [2.75, 3.05) is 0 Å². The topological polar surface area (TPSA) is 50.2 Å². The number of carbonyl (C=O) groups is 1. The standard InChI is InChI=1S/C15H11ClFNO2S/c16-12-2-3-14(18-8-12)21-9-11-5-10(1-4-15(19)20)6-13(17)7-11/h1-8H,9H2,(H,19,20). The van der Waals surface area contributed by atoms with Gasteiger partial charge in [-0.15, -0.1) is 11.8 Å². The highest BCUT2D eigenvalue weighted by molar-refractivity contribution is 7.98. The van der Waals surface area contributed by atoms with Gasteiger partial charge in [0.05, 0.1) is 10.0 Å². The molecule has 0 aliphatic carbocycles. The van der Waals surface area contributed by atoms with Crippen molar-refractivity contribution in [1.82, 2.24) is 4.98 Å². The molecular formula is C15H11ClFNO2S. The Labute approximate surface area is 130 Å². The number of aromatic nitrogens is 1.